The van der Waals surface area contributed by atoms with Crippen LogP contribution in [-0.2, 0) is 4.79 Å². The molecule has 100 valence electrons. The zero-order valence-electron chi connectivity index (χ0n) is 11.0. The Kier molecular flexibility index (Phi) is 4.73. The fraction of sp³-hybridized carbons (Fsp3) is 0.462. The topological polar surface area (TPSA) is 41.1 Å². The van der Waals surface area contributed by atoms with Crippen molar-refractivity contribution in [2.24, 2.45) is 0 Å². The molecule has 0 aliphatic rings. The second-order valence-corrected chi connectivity index (χ2v) is 6.15. The van der Waals surface area contributed by atoms with Gasteiger partial charge in [0.2, 0.25) is 5.91 Å². The van der Waals surface area contributed by atoms with Gasteiger partial charge < -0.3 is 10.6 Å². The Bertz CT molecular complexity index is 443. The van der Waals surface area contributed by atoms with Crippen LogP contribution in [0.3, 0.4) is 0 Å². The van der Waals surface area contributed by atoms with Gasteiger partial charge in [-0.2, -0.15) is 0 Å². The van der Waals surface area contributed by atoms with E-state index < -0.39 is 6.04 Å². The molecular weight excluding hydrogens is 299 g/mol. The van der Waals surface area contributed by atoms with Crippen molar-refractivity contribution >= 4 is 27.5 Å². The summed E-state index contributed by atoms with van der Waals surface area (Å²) in [6.07, 6.45) is 0. The molecule has 1 aromatic carbocycles. The lowest BCUT2D eigenvalue weighted by atomic mass is 10.1. The highest BCUT2D eigenvalue weighted by Gasteiger charge is 2.19. The molecule has 0 fully saturated rings. The van der Waals surface area contributed by atoms with Crippen LogP contribution in [0.25, 0.3) is 0 Å². The Morgan fingerprint density at radius 1 is 1.39 bits per heavy atom. The molecule has 0 aliphatic carbocycles. The minimum atomic E-state index is -0.506. The van der Waals surface area contributed by atoms with Gasteiger partial charge in [0.25, 0.3) is 0 Å². The molecule has 1 atom stereocenters. The summed E-state index contributed by atoms with van der Waals surface area (Å²) in [4.78, 5) is 11.9. The van der Waals surface area contributed by atoms with Crippen LogP contribution < -0.4 is 10.6 Å². The average molecular weight is 317 g/mol. The Hall–Kier alpha value is -1.10. The number of rotatable bonds is 3. The van der Waals surface area contributed by atoms with Crippen LogP contribution in [0.15, 0.2) is 22.7 Å². The quantitative estimate of drug-likeness (QED) is 0.898. The second kappa shape index (κ2) is 5.69. The number of anilines is 1. The first-order valence-electron chi connectivity index (χ1n) is 5.72. The normalized spacial score (nSPS) is 13.0. The highest BCUT2D eigenvalue weighted by atomic mass is 79.9. The van der Waals surface area contributed by atoms with E-state index in [1.54, 1.807) is 19.1 Å². The molecule has 0 radical (unpaired) electrons. The van der Waals surface area contributed by atoms with Gasteiger partial charge in [-0.25, -0.2) is 4.39 Å². The molecule has 0 heterocycles. The molecule has 18 heavy (non-hydrogen) atoms. The van der Waals surface area contributed by atoms with E-state index in [9.17, 15) is 9.18 Å². The maximum atomic E-state index is 13.5. The monoisotopic (exact) mass is 316 g/mol. The van der Waals surface area contributed by atoms with E-state index in [1.807, 2.05) is 20.8 Å². The predicted octanol–water partition coefficient (Wildman–Crippen LogP) is 3.30. The number of hydrogen-bond acceptors (Lipinski definition) is 2. The Labute approximate surface area is 115 Å². The molecule has 0 aliphatic heterocycles. The summed E-state index contributed by atoms with van der Waals surface area (Å²) in [5, 5.41) is 5.69. The van der Waals surface area contributed by atoms with Gasteiger partial charge in [-0.1, -0.05) is 15.9 Å². The maximum Gasteiger partial charge on any atom is 0.242 e. The van der Waals surface area contributed by atoms with Crippen molar-refractivity contribution in [1.29, 1.82) is 0 Å². The Balaban J connectivity index is 2.72. The lowest BCUT2D eigenvalue weighted by molar-refractivity contribution is -0.122. The molecule has 0 spiro atoms. The van der Waals surface area contributed by atoms with Crippen LogP contribution in [0.5, 0.6) is 0 Å². The lowest BCUT2D eigenvalue weighted by Crippen LogP contribution is -2.47. The number of amides is 1. The van der Waals surface area contributed by atoms with E-state index in [-0.39, 0.29) is 17.3 Å². The third kappa shape index (κ3) is 4.64. The van der Waals surface area contributed by atoms with Gasteiger partial charge in [0.15, 0.2) is 0 Å². The summed E-state index contributed by atoms with van der Waals surface area (Å²) in [5.41, 5.74) is 0.00368. The van der Waals surface area contributed by atoms with Gasteiger partial charge in [-0.05, 0) is 45.9 Å². The zero-order valence-corrected chi connectivity index (χ0v) is 12.6. The van der Waals surface area contributed by atoms with E-state index >= 15 is 0 Å². The minimum absolute atomic E-state index is 0.165. The van der Waals surface area contributed by atoms with Crippen molar-refractivity contribution in [2.75, 3.05) is 5.32 Å². The highest BCUT2D eigenvalue weighted by molar-refractivity contribution is 9.10. The van der Waals surface area contributed by atoms with Gasteiger partial charge in [-0.15, -0.1) is 0 Å². The molecule has 1 unspecified atom stereocenters. The van der Waals surface area contributed by atoms with Gasteiger partial charge in [0, 0.05) is 10.0 Å². The van der Waals surface area contributed by atoms with Crippen molar-refractivity contribution in [2.45, 2.75) is 39.3 Å². The summed E-state index contributed by atoms with van der Waals surface area (Å²) < 4.78 is 14.3. The average Bonchev–Trinajstić information content (AvgIpc) is 2.21. The van der Waals surface area contributed by atoms with Crippen LogP contribution in [-0.4, -0.2) is 17.5 Å². The number of hydrogen-bond donors (Lipinski definition) is 2. The van der Waals surface area contributed by atoms with Gasteiger partial charge in [0.05, 0.1) is 5.69 Å². The number of halogens is 2. The van der Waals surface area contributed by atoms with E-state index in [0.717, 1.165) is 4.47 Å². The molecule has 3 nitrogen and oxygen atoms in total. The molecule has 2 N–H and O–H groups in total. The summed E-state index contributed by atoms with van der Waals surface area (Å²) >= 11 is 3.26. The first kappa shape index (κ1) is 15.0. The Morgan fingerprint density at radius 2 is 2.00 bits per heavy atom. The van der Waals surface area contributed by atoms with Crippen LogP contribution in [0.1, 0.15) is 27.7 Å². The second-order valence-electron chi connectivity index (χ2n) is 5.23. The molecular formula is C13H18BrFN2O. The van der Waals surface area contributed by atoms with Crippen LogP contribution in [0, 0.1) is 5.82 Å². The summed E-state index contributed by atoms with van der Waals surface area (Å²) in [6, 6.07) is 4.06. The number of benzene rings is 1. The molecule has 0 saturated carbocycles. The minimum Gasteiger partial charge on any atom is -0.371 e. The van der Waals surface area contributed by atoms with Crippen molar-refractivity contribution in [3.63, 3.8) is 0 Å². The smallest absolute Gasteiger partial charge is 0.242 e. The zero-order chi connectivity index (χ0) is 13.9. The SMILES string of the molecule is CC(Nc1cc(Br)ccc1F)C(=O)NC(C)(C)C. The standard InChI is InChI=1S/C13H18BrFN2O/c1-8(12(18)17-13(2,3)4)16-11-7-9(14)5-6-10(11)15/h5-8,16H,1-4H3,(H,17,18). The predicted molar refractivity (Wildman–Crippen MR) is 75.1 cm³/mol. The van der Waals surface area contributed by atoms with E-state index in [2.05, 4.69) is 26.6 Å². The molecule has 0 aromatic heterocycles. The third-order valence-electron chi connectivity index (χ3n) is 2.19. The Morgan fingerprint density at radius 3 is 2.56 bits per heavy atom. The highest BCUT2D eigenvalue weighted by Crippen LogP contribution is 2.20. The first-order chi connectivity index (χ1) is 8.19. The van der Waals surface area contributed by atoms with Gasteiger partial charge in [0.1, 0.15) is 11.9 Å². The van der Waals surface area contributed by atoms with Crippen molar-refractivity contribution < 1.29 is 9.18 Å². The number of carbonyl (C=O) groups excluding carboxylic acids is 1. The fourth-order valence-electron chi connectivity index (χ4n) is 1.38. The van der Waals surface area contributed by atoms with Crippen LogP contribution >= 0.6 is 15.9 Å². The molecule has 5 heteroatoms. The summed E-state index contributed by atoms with van der Waals surface area (Å²) in [5.74, 6) is -0.546. The largest absolute Gasteiger partial charge is 0.371 e. The van der Waals surface area contributed by atoms with Crippen LogP contribution in [0.2, 0.25) is 0 Å². The van der Waals surface area contributed by atoms with Crippen molar-refractivity contribution in [3.8, 4) is 0 Å². The molecule has 1 amide bonds. The van der Waals surface area contributed by atoms with Gasteiger partial charge in [-0.3, -0.25) is 4.79 Å². The van der Waals surface area contributed by atoms with Crippen molar-refractivity contribution in [1.82, 2.24) is 5.32 Å². The molecule has 1 rings (SSSR count). The van der Waals surface area contributed by atoms with E-state index in [1.165, 1.54) is 6.07 Å². The first-order valence-corrected chi connectivity index (χ1v) is 6.52. The maximum absolute atomic E-state index is 13.5. The van der Waals surface area contributed by atoms with E-state index in [4.69, 9.17) is 0 Å². The molecule has 1 aromatic rings. The van der Waals surface area contributed by atoms with Gasteiger partial charge >= 0.3 is 0 Å². The number of nitrogens with one attached hydrogen (secondary N) is 2. The lowest BCUT2D eigenvalue weighted by Gasteiger charge is -2.24. The molecule has 0 bridgehead atoms. The molecule has 0 saturated heterocycles. The summed E-state index contributed by atoms with van der Waals surface area (Å²) in [6.45, 7) is 7.40. The summed E-state index contributed by atoms with van der Waals surface area (Å²) in [7, 11) is 0. The van der Waals surface area contributed by atoms with Crippen LogP contribution in [0.4, 0.5) is 10.1 Å². The number of carbonyl (C=O) groups is 1. The fourth-order valence-corrected chi connectivity index (χ4v) is 1.75. The third-order valence-corrected chi connectivity index (χ3v) is 2.69. The van der Waals surface area contributed by atoms with E-state index in [0.29, 0.717) is 5.69 Å². The van der Waals surface area contributed by atoms with Crippen molar-refractivity contribution in [3.05, 3.63) is 28.5 Å².